The molecule has 0 aromatic rings. The predicted molar refractivity (Wildman–Crippen MR) is 94.7 cm³/mol. The number of aliphatic hydroxyl groups is 1. The Bertz CT molecular complexity index is 540. The number of nitro groups is 1. The number of hydrogen-bond acceptors (Lipinski definition) is 4. The van der Waals surface area contributed by atoms with Gasteiger partial charge in [-0.25, -0.2) is 0 Å². The van der Waals surface area contributed by atoms with Gasteiger partial charge in [0.15, 0.2) is 0 Å². The number of aliphatic hydroxyl groups excluding tert-OH is 1. The molecule has 0 aromatic carbocycles. The highest BCUT2D eigenvalue weighted by atomic mass is 16.6. The van der Waals surface area contributed by atoms with Crippen LogP contribution in [-0.4, -0.2) is 35.9 Å². The molecule has 0 aromatic heterocycles. The fraction of sp³-hybridized carbons (Fsp3) is 1.00. The molecule has 5 heteroatoms. The summed E-state index contributed by atoms with van der Waals surface area (Å²) < 4.78 is 5.73. The molecule has 4 rings (SSSR count). The predicted octanol–water partition coefficient (Wildman–Crippen LogP) is 3.66. The molecule has 0 spiro atoms. The molecule has 0 saturated heterocycles. The average molecular weight is 351 g/mol. The van der Waals surface area contributed by atoms with Crippen molar-refractivity contribution in [1.82, 2.24) is 0 Å². The van der Waals surface area contributed by atoms with E-state index in [1.807, 2.05) is 7.11 Å². The Morgan fingerprint density at radius 2 is 1.92 bits per heavy atom. The van der Waals surface area contributed by atoms with Gasteiger partial charge in [-0.05, 0) is 80.5 Å². The van der Waals surface area contributed by atoms with Crippen molar-refractivity contribution in [3.8, 4) is 0 Å². The minimum atomic E-state index is -0.345. The third-order valence-corrected chi connectivity index (χ3v) is 8.95. The van der Waals surface area contributed by atoms with Gasteiger partial charge in [-0.1, -0.05) is 6.92 Å². The Balaban J connectivity index is 1.64. The van der Waals surface area contributed by atoms with E-state index in [9.17, 15) is 15.2 Å². The van der Waals surface area contributed by atoms with Gasteiger partial charge in [0.05, 0.1) is 12.7 Å². The van der Waals surface area contributed by atoms with Gasteiger partial charge in [-0.2, -0.15) is 0 Å². The smallest absolute Gasteiger partial charge is 0.218 e. The Kier molecular flexibility index (Phi) is 4.39. The lowest BCUT2D eigenvalue weighted by Gasteiger charge is -2.61. The van der Waals surface area contributed by atoms with Crippen molar-refractivity contribution in [1.29, 1.82) is 0 Å². The second-order valence-electron chi connectivity index (χ2n) is 9.67. The number of nitrogens with zero attached hydrogens (tertiary/aromatic N) is 1. The molecular weight excluding hydrogens is 318 g/mol. The number of hydrogen-bond donors (Lipinski definition) is 1. The normalized spacial score (nSPS) is 52.1. The molecule has 4 aliphatic rings. The Hall–Kier alpha value is -0.680. The summed E-state index contributed by atoms with van der Waals surface area (Å²) in [4.78, 5) is 11.6. The van der Waals surface area contributed by atoms with Crippen LogP contribution in [0.25, 0.3) is 0 Å². The zero-order valence-electron chi connectivity index (χ0n) is 15.7. The minimum Gasteiger partial charge on any atom is -0.393 e. The van der Waals surface area contributed by atoms with Gasteiger partial charge >= 0.3 is 0 Å². The van der Waals surface area contributed by atoms with Crippen molar-refractivity contribution < 1.29 is 14.8 Å². The van der Waals surface area contributed by atoms with Gasteiger partial charge in [0.1, 0.15) is 0 Å². The van der Waals surface area contributed by atoms with Crippen LogP contribution in [0, 0.1) is 44.6 Å². The van der Waals surface area contributed by atoms with Crippen LogP contribution < -0.4 is 0 Å². The highest BCUT2D eigenvalue weighted by molar-refractivity contribution is 5.10. The van der Waals surface area contributed by atoms with Crippen molar-refractivity contribution >= 4 is 0 Å². The van der Waals surface area contributed by atoms with Crippen LogP contribution in [0.3, 0.4) is 0 Å². The first kappa shape index (κ1) is 17.7. The Morgan fingerprint density at radius 1 is 1.12 bits per heavy atom. The zero-order chi connectivity index (χ0) is 17.8. The van der Waals surface area contributed by atoms with E-state index in [0.717, 1.165) is 58.0 Å². The largest absolute Gasteiger partial charge is 0.393 e. The first-order valence-electron chi connectivity index (χ1n) is 10.2. The molecule has 142 valence electrons. The van der Waals surface area contributed by atoms with E-state index in [4.69, 9.17) is 4.74 Å². The fourth-order valence-corrected chi connectivity index (χ4v) is 7.90. The molecule has 1 N–H and O–H groups in total. The van der Waals surface area contributed by atoms with Gasteiger partial charge in [0.2, 0.25) is 6.04 Å². The van der Waals surface area contributed by atoms with Crippen LogP contribution in [0.5, 0.6) is 0 Å². The molecule has 4 fully saturated rings. The third-order valence-electron chi connectivity index (χ3n) is 8.95. The summed E-state index contributed by atoms with van der Waals surface area (Å²) in [6.07, 6.45) is 8.98. The van der Waals surface area contributed by atoms with E-state index in [-0.39, 0.29) is 27.9 Å². The van der Waals surface area contributed by atoms with Crippen molar-refractivity contribution in [3.63, 3.8) is 0 Å². The first-order valence-corrected chi connectivity index (χ1v) is 10.2. The van der Waals surface area contributed by atoms with Crippen LogP contribution in [0.1, 0.15) is 64.7 Å². The number of ether oxygens (including phenoxy) is 1. The summed E-state index contributed by atoms with van der Waals surface area (Å²) in [6, 6.07) is -0.345. The summed E-state index contributed by atoms with van der Waals surface area (Å²) >= 11 is 0. The maximum atomic E-state index is 11.6. The molecule has 5 nitrogen and oxygen atoms in total. The number of methoxy groups -OCH3 is 1. The van der Waals surface area contributed by atoms with E-state index in [0.29, 0.717) is 23.7 Å². The first-order chi connectivity index (χ1) is 11.9. The second-order valence-corrected chi connectivity index (χ2v) is 9.67. The van der Waals surface area contributed by atoms with E-state index >= 15 is 0 Å². The van der Waals surface area contributed by atoms with Crippen LogP contribution >= 0.6 is 0 Å². The standard InChI is InChI=1S/C20H33NO4/c1-19-9-8-17-15(16(19)5-6-18(19)21(23)24)4-3-13-11-14(22)7-10-20(13,17)12-25-2/h13-18,22H,3-12H2,1-2H3/t13-,14+,15-,16-,17-,18-,19-,20+/m0/s1. The summed E-state index contributed by atoms with van der Waals surface area (Å²) in [5.41, 5.74) is 0.0882. The van der Waals surface area contributed by atoms with E-state index in [1.165, 1.54) is 6.42 Å². The maximum absolute atomic E-state index is 11.6. The zero-order valence-corrected chi connectivity index (χ0v) is 15.7. The van der Waals surface area contributed by atoms with Crippen molar-refractivity contribution in [2.75, 3.05) is 13.7 Å². The van der Waals surface area contributed by atoms with E-state index in [2.05, 4.69) is 6.92 Å². The molecule has 0 bridgehead atoms. The van der Waals surface area contributed by atoms with Gasteiger partial charge < -0.3 is 9.84 Å². The van der Waals surface area contributed by atoms with Crippen LogP contribution in [-0.2, 0) is 4.74 Å². The number of rotatable bonds is 3. The van der Waals surface area contributed by atoms with Gasteiger partial charge in [0, 0.05) is 23.9 Å². The second kappa shape index (κ2) is 6.19. The van der Waals surface area contributed by atoms with E-state index in [1.54, 1.807) is 0 Å². The molecule has 4 saturated carbocycles. The Morgan fingerprint density at radius 3 is 2.64 bits per heavy atom. The number of fused-ring (bicyclic) bond motifs is 5. The lowest BCUT2D eigenvalue weighted by molar-refractivity contribution is -0.540. The summed E-state index contributed by atoms with van der Waals surface area (Å²) in [6.45, 7) is 3.00. The van der Waals surface area contributed by atoms with Crippen molar-refractivity contribution in [2.45, 2.75) is 76.9 Å². The molecule has 0 radical (unpaired) electrons. The molecule has 0 heterocycles. The van der Waals surface area contributed by atoms with Gasteiger partial charge in [-0.3, -0.25) is 10.1 Å². The molecule has 0 aliphatic heterocycles. The van der Waals surface area contributed by atoms with Gasteiger partial charge in [0.25, 0.3) is 0 Å². The fourth-order valence-electron chi connectivity index (χ4n) is 7.90. The molecule has 4 aliphatic carbocycles. The van der Waals surface area contributed by atoms with Crippen molar-refractivity contribution in [2.24, 2.45) is 34.5 Å². The maximum Gasteiger partial charge on any atom is 0.218 e. The average Bonchev–Trinajstić information content (AvgIpc) is 2.93. The highest BCUT2D eigenvalue weighted by Crippen LogP contribution is 2.66. The molecule has 8 atom stereocenters. The van der Waals surface area contributed by atoms with Crippen molar-refractivity contribution in [3.05, 3.63) is 10.1 Å². The lowest BCUT2D eigenvalue weighted by Crippen LogP contribution is -2.57. The van der Waals surface area contributed by atoms with Crippen LogP contribution in [0.4, 0.5) is 0 Å². The summed E-state index contributed by atoms with van der Waals surface area (Å²) in [5, 5.41) is 21.8. The molecular formula is C20H33NO4. The third kappa shape index (κ3) is 2.48. The highest BCUT2D eigenvalue weighted by Gasteiger charge is 2.64. The lowest BCUT2D eigenvalue weighted by atomic mass is 9.44. The topological polar surface area (TPSA) is 72.6 Å². The summed E-state index contributed by atoms with van der Waals surface area (Å²) in [7, 11) is 1.81. The molecule has 25 heavy (non-hydrogen) atoms. The summed E-state index contributed by atoms with van der Waals surface area (Å²) in [5.74, 6) is 2.31. The Labute approximate surface area is 150 Å². The quantitative estimate of drug-likeness (QED) is 0.622. The van der Waals surface area contributed by atoms with Crippen LogP contribution in [0.15, 0.2) is 0 Å². The molecule has 0 amide bonds. The minimum absolute atomic E-state index is 0.00778. The molecule has 0 unspecified atom stereocenters. The SMILES string of the molecule is COC[C@]12CC[C@@H](O)C[C@@H]1CC[C@H]1[C@@H]3CC[C@H]([N+](=O)[O-])[C@@]3(C)CC[C@@H]12. The monoisotopic (exact) mass is 351 g/mol. The van der Waals surface area contributed by atoms with E-state index < -0.39 is 0 Å². The van der Waals surface area contributed by atoms with Gasteiger partial charge in [-0.15, -0.1) is 0 Å². The van der Waals surface area contributed by atoms with Crippen LogP contribution in [0.2, 0.25) is 0 Å².